The maximum atomic E-state index is 12.4. The molecule has 1 aromatic rings. The van der Waals surface area contributed by atoms with Crippen molar-refractivity contribution in [2.24, 2.45) is 0 Å². The monoisotopic (exact) mass is 376 g/mol. The molecule has 0 heterocycles. The van der Waals surface area contributed by atoms with Crippen molar-refractivity contribution in [1.82, 2.24) is 10.6 Å². The third kappa shape index (κ3) is 7.12. The van der Waals surface area contributed by atoms with E-state index in [0.29, 0.717) is 30.3 Å². The van der Waals surface area contributed by atoms with Gasteiger partial charge in [-0.05, 0) is 44.9 Å². The first-order valence-electron chi connectivity index (χ1n) is 10.1. The van der Waals surface area contributed by atoms with Crippen molar-refractivity contribution in [2.75, 3.05) is 19.8 Å². The Morgan fingerprint density at radius 1 is 0.963 bits per heavy atom. The van der Waals surface area contributed by atoms with Gasteiger partial charge in [0.2, 0.25) is 5.91 Å². The molecule has 2 rings (SSSR count). The normalized spacial score (nSPS) is 15.3. The Bertz CT molecular complexity index is 610. The Balaban J connectivity index is 1.86. The highest BCUT2D eigenvalue weighted by Crippen LogP contribution is 2.28. The molecule has 2 N–H and O–H groups in total. The third-order valence-electron chi connectivity index (χ3n) is 4.69. The maximum absolute atomic E-state index is 12.4. The van der Waals surface area contributed by atoms with Gasteiger partial charge in [0.15, 0.2) is 11.5 Å². The number of hydrogen-bond acceptors (Lipinski definition) is 4. The summed E-state index contributed by atoms with van der Waals surface area (Å²) < 4.78 is 11.0. The molecule has 1 aliphatic carbocycles. The van der Waals surface area contributed by atoms with Crippen molar-refractivity contribution >= 4 is 11.8 Å². The van der Waals surface area contributed by atoms with Crippen molar-refractivity contribution in [3.05, 3.63) is 23.8 Å². The summed E-state index contributed by atoms with van der Waals surface area (Å²) in [5, 5.41) is 5.74. The van der Waals surface area contributed by atoms with Gasteiger partial charge >= 0.3 is 0 Å². The number of nitrogens with one attached hydrogen (secondary N) is 2. The van der Waals surface area contributed by atoms with Crippen LogP contribution in [-0.4, -0.2) is 37.6 Å². The second-order valence-electron chi connectivity index (χ2n) is 6.82. The van der Waals surface area contributed by atoms with E-state index in [1.165, 1.54) is 19.3 Å². The molecule has 150 valence electrons. The molecule has 0 saturated heterocycles. The average Bonchev–Trinajstić information content (AvgIpc) is 2.63. The first-order valence-corrected chi connectivity index (χ1v) is 10.1. The largest absolute Gasteiger partial charge is 0.490 e. The molecule has 2 amide bonds. The minimum absolute atomic E-state index is 0.0213. The van der Waals surface area contributed by atoms with Gasteiger partial charge in [-0.25, -0.2) is 0 Å². The fourth-order valence-corrected chi connectivity index (χ4v) is 3.33. The zero-order valence-electron chi connectivity index (χ0n) is 16.5. The van der Waals surface area contributed by atoms with Gasteiger partial charge < -0.3 is 20.1 Å². The van der Waals surface area contributed by atoms with Gasteiger partial charge in [0.25, 0.3) is 5.91 Å². The number of carbonyl (C=O) groups is 2. The molecular weight excluding hydrogens is 344 g/mol. The van der Waals surface area contributed by atoms with Gasteiger partial charge in [-0.3, -0.25) is 9.59 Å². The number of rotatable bonds is 8. The predicted molar refractivity (Wildman–Crippen MR) is 105 cm³/mol. The Morgan fingerprint density at radius 2 is 1.59 bits per heavy atom. The lowest BCUT2D eigenvalue weighted by atomic mass is 9.97. The second kappa shape index (κ2) is 11.5. The summed E-state index contributed by atoms with van der Waals surface area (Å²) >= 11 is 0. The summed E-state index contributed by atoms with van der Waals surface area (Å²) in [7, 11) is 0. The van der Waals surface area contributed by atoms with Crippen LogP contribution in [0.4, 0.5) is 0 Å². The molecule has 0 spiro atoms. The molecule has 0 bridgehead atoms. The van der Waals surface area contributed by atoms with Crippen LogP contribution in [0.25, 0.3) is 0 Å². The minimum Gasteiger partial charge on any atom is -0.490 e. The van der Waals surface area contributed by atoms with E-state index >= 15 is 0 Å². The molecule has 0 radical (unpaired) electrons. The minimum atomic E-state index is -0.299. The van der Waals surface area contributed by atoms with Crippen molar-refractivity contribution in [3.8, 4) is 11.5 Å². The Kier molecular flexibility index (Phi) is 8.95. The SMILES string of the molecule is CCOc1ccc(C(=O)NCC(=O)NC2CCCCCCC2)cc1OCC. The molecule has 1 aromatic carbocycles. The van der Waals surface area contributed by atoms with Gasteiger partial charge in [-0.1, -0.05) is 32.1 Å². The zero-order valence-corrected chi connectivity index (χ0v) is 16.5. The number of carbonyl (C=O) groups excluding carboxylic acids is 2. The van der Waals surface area contributed by atoms with Gasteiger partial charge in [0.05, 0.1) is 19.8 Å². The van der Waals surface area contributed by atoms with Crippen LogP contribution in [0.3, 0.4) is 0 Å². The number of hydrogen-bond donors (Lipinski definition) is 2. The van der Waals surface area contributed by atoms with E-state index in [9.17, 15) is 9.59 Å². The van der Waals surface area contributed by atoms with Crippen LogP contribution in [-0.2, 0) is 4.79 Å². The van der Waals surface area contributed by atoms with Crippen molar-refractivity contribution in [3.63, 3.8) is 0 Å². The molecule has 27 heavy (non-hydrogen) atoms. The van der Waals surface area contributed by atoms with E-state index in [4.69, 9.17) is 9.47 Å². The van der Waals surface area contributed by atoms with Crippen molar-refractivity contribution in [2.45, 2.75) is 64.8 Å². The quantitative estimate of drug-likeness (QED) is 0.729. The van der Waals surface area contributed by atoms with Crippen LogP contribution >= 0.6 is 0 Å². The van der Waals surface area contributed by atoms with Crippen LogP contribution in [0.2, 0.25) is 0 Å². The molecule has 6 nitrogen and oxygen atoms in total. The van der Waals surface area contributed by atoms with Crippen molar-refractivity contribution < 1.29 is 19.1 Å². The molecule has 0 aromatic heterocycles. The summed E-state index contributed by atoms with van der Waals surface area (Å²) in [6.45, 7) is 4.75. The fourth-order valence-electron chi connectivity index (χ4n) is 3.33. The molecule has 0 atom stereocenters. The lowest BCUT2D eigenvalue weighted by Gasteiger charge is -2.21. The standard InChI is InChI=1S/C21H32N2O4/c1-3-26-18-13-12-16(14-19(18)27-4-2)21(25)22-15-20(24)23-17-10-8-6-5-7-9-11-17/h12-14,17H,3-11,15H2,1-2H3,(H,22,25)(H,23,24). The molecule has 1 aliphatic rings. The third-order valence-corrected chi connectivity index (χ3v) is 4.69. The van der Waals surface area contributed by atoms with Gasteiger partial charge in [-0.2, -0.15) is 0 Å². The van der Waals surface area contributed by atoms with Gasteiger partial charge in [0, 0.05) is 11.6 Å². The molecule has 1 fully saturated rings. The smallest absolute Gasteiger partial charge is 0.251 e. The molecule has 1 saturated carbocycles. The molecule has 6 heteroatoms. The zero-order chi connectivity index (χ0) is 19.5. The fraction of sp³-hybridized carbons (Fsp3) is 0.619. The highest BCUT2D eigenvalue weighted by atomic mass is 16.5. The number of benzene rings is 1. The average molecular weight is 376 g/mol. The van der Waals surface area contributed by atoms with E-state index in [1.807, 2.05) is 13.8 Å². The first kappa shape index (κ1) is 21.1. The summed E-state index contributed by atoms with van der Waals surface area (Å²) in [4.78, 5) is 24.6. The Labute approximate surface area is 162 Å². The lowest BCUT2D eigenvalue weighted by Crippen LogP contribution is -2.42. The van der Waals surface area contributed by atoms with E-state index in [1.54, 1.807) is 18.2 Å². The van der Waals surface area contributed by atoms with Crippen LogP contribution in [0.15, 0.2) is 18.2 Å². The molecule has 0 aliphatic heterocycles. The summed E-state index contributed by atoms with van der Waals surface area (Å²) in [5.74, 6) is 0.709. The topological polar surface area (TPSA) is 76.7 Å². The highest BCUT2D eigenvalue weighted by Gasteiger charge is 2.16. The Morgan fingerprint density at radius 3 is 2.26 bits per heavy atom. The second-order valence-corrected chi connectivity index (χ2v) is 6.82. The van der Waals surface area contributed by atoms with Gasteiger partial charge in [-0.15, -0.1) is 0 Å². The number of amides is 2. The summed E-state index contributed by atoms with van der Waals surface area (Å²) in [6.07, 6.45) is 8.13. The van der Waals surface area contributed by atoms with E-state index in [-0.39, 0.29) is 24.4 Å². The van der Waals surface area contributed by atoms with Crippen LogP contribution < -0.4 is 20.1 Å². The first-order chi connectivity index (χ1) is 13.1. The summed E-state index contributed by atoms with van der Waals surface area (Å²) in [6, 6.07) is 5.27. The lowest BCUT2D eigenvalue weighted by molar-refractivity contribution is -0.120. The molecular formula is C21H32N2O4. The van der Waals surface area contributed by atoms with Crippen LogP contribution in [0.1, 0.15) is 69.2 Å². The van der Waals surface area contributed by atoms with Crippen LogP contribution in [0.5, 0.6) is 11.5 Å². The van der Waals surface area contributed by atoms with Crippen molar-refractivity contribution in [1.29, 1.82) is 0 Å². The highest BCUT2D eigenvalue weighted by molar-refractivity contribution is 5.97. The number of ether oxygens (including phenoxy) is 2. The van der Waals surface area contributed by atoms with E-state index in [2.05, 4.69) is 10.6 Å². The Hall–Kier alpha value is -2.24. The molecule has 0 unspecified atom stereocenters. The maximum Gasteiger partial charge on any atom is 0.251 e. The van der Waals surface area contributed by atoms with E-state index in [0.717, 1.165) is 25.7 Å². The summed E-state index contributed by atoms with van der Waals surface area (Å²) in [5.41, 5.74) is 0.445. The van der Waals surface area contributed by atoms with Gasteiger partial charge in [0.1, 0.15) is 0 Å². The van der Waals surface area contributed by atoms with Crippen LogP contribution in [0, 0.1) is 0 Å². The van der Waals surface area contributed by atoms with E-state index < -0.39 is 0 Å². The predicted octanol–water partition coefficient (Wildman–Crippen LogP) is 3.44.